The Kier molecular flexibility index (Phi) is 4.21. The number of para-hydroxylation sites is 2. The normalized spacial score (nSPS) is 12.3. The summed E-state index contributed by atoms with van der Waals surface area (Å²) in [6, 6.07) is 50.7. The van der Waals surface area contributed by atoms with Gasteiger partial charge in [-0.2, -0.15) is 0 Å². The molecule has 0 spiro atoms. The van der Waals surface area contributed by atoms with E-state index in [1.54, 1.807) is 0 Å². The maximum atomic E-state index is 6.30. The fourth-order valence-electron chi connectivity index (χ4n) is 7.24. The van der Waals surface area contributed by atoms with Crippen LogP contribution in [0.1, 0.15) is 0 Å². The van der Waals surface area contributed by atoms with Crippen molar-refractivity contribution in [3.63, 3.8) is 0 Å². The molecule has 2 heterocycles. The zero-order chi connectivity index (χ0) is 27.4. The summed E-state index contributed by atoms with van der Waals surface area (Å²) in [5, 5.41) is 12.7. The predicted molar refractivity (Wildman–Crippen MR) is 177 cm³/mol. The van der Waals surface area contributed by atoms with E-state index in [-0.39, 0.29) is 0 Å². The molecule has 0 unspecified atom stereocenters. The highest BCUT2D eigenvalue weighted by Crippen LogP contribution is 2.41. The van der Waals surface area contributed by atoms with Gasteiger partial charge in [0.05, 0.1) is 11.0 Å². The van der Waals surface area contributed by atoms with Gasteiger partial charge in [-0.1, -0.05) is 103 Å². The number of aromatic nitrogens is 1. The van der Waals surface area contributed by atoms with E-state index in [0.29, 0.717) is 0 Å². The molecule has 0 atom stereocenters. The second-order valence-electron chi connectivity index (χ2n) is 11.3. The van der Waals surface area contributed by atoms with Gasteiger partial charge in [0, 0.05) is 33.3 Å². The van der Waals surface area contributed by atoms with Gasteiger partial charge < -0.3 is 8.98 Å². The van der Waals surface area contributed by atoms with Crippen molar-refractivity contribution in [1.82, 2.24) is 4.57 Å². The number of furan rings is 1. The molecule has 0 bridgehead atoms. The van der Waals surface area contributed by atoms with Crippen molar-refractivity contribution in [2.75, 3.05) is 0 Å². The van der Waals surface area contributed by atoms with Gasteiger partial charge in [0.25, 0.3) is 0 Å². The first-order valence-corrected chi connectivity index (χ1v) is 14.4. The van der Waals surface area contributed by atoms with E-state index in [2.05, 4.69) is 132 Å². The molecule has 2 aromatic heterocycles. The Hall–Kier alpha value is -5.60. The lowest BCUT2D eigenvalue weighted by atomic mass is 9.90. The summed E-state index contributed by atoms with van der Waals surface area (Å²) in [5.74, 6) is 0. The molecule has 10 rings (SSSR count). The van der Waals surface area contributed by atoms with Crippen molar-refractivity contribution in [2.45, 2.75) is 0 Å². The summed E-state index contributed by atoms with van der Waals surface area (Å²) >= 11 is 0. The Bertz CT molecular complexity index is 2650. The molecule has 42 heavy (non-hydrogen) atoms. The first-order valence-electron chi connectivity index (χ1n) is 14.4. The number of hydrogen-bond acceptors (Lipinski definition) is 1. The molecule has 10 aromatic rings. The third-order valence-electron chi connectivity index (χ3n) is 9.14. The molecule has 0 amide bonds. The molecule has 194 valence electrons. The standard InChI is InChI=1S/C40H23NO/c1-3-10-35-30(8-1)33-22-34-31-9-2-4-11-37(31)42-38(34)23-36(33)41(35)28-18-14-24(15-19-28)29-20-16-27-13-12-25-6-5-7-26-17-21-32(29)40(27)39(25)26/h1-23H. The molecule has 0 fully saturated rings. The van der Waals surface area contributed by atoms with Crippen molar-refractivity contribution in [3.05, 3.63) is 140 Å². The van der Waals surface area contributed by atoms with Crippen LogP contribution in [0.25, 0.3) is 92.9 Å². The number of benzene rings is 8. The number of rotatable bonds is 2. The summed E-state index contributed by atoms with van der Waals surface area (Å²) in [4.78, 5) is 0. The van der Waals surface area contributed by atoms with Crippen LogP contribution in [0.5, 0.6) is 0 Å². The summed E-state index contributed by atoms with van der Waals surface area (Å²) in [6.45, 7) is 0. The summed E-state index contributed by atoms with van der Waals surface area (Å²) < 4.78 is 8.67. The van der Waals surface area contributed by atoms with Gasteiger partial charge >= 0.3 is 0 Å². The van der Waals surface area contributed by atoms with Crippen LogP contribution in [0.2, 0.25) is 0 Å². The highest BCUT2D eigenvalue weighted by atomic mass is 16.3. The van der Waals surface area contributed by atoms with E-state index in [4.69, 9.17) is 4.42 Å². The minimum Gasteiger partial charge on any atom is -0.456 e. The first-order chi connectivity index (χ1) is 20.8. The summed E-state index contributed by atoms with van der Waals surface area (Å²) in [6.07, 6.45) is 0. The molecular formula is C40H23NO. The maximum absolute atomic E-state index is 6.30. The van der Waals surface area contributed by atoms with Crippen LogP contribution in [0.4, 0.5) is 0 Å². The second-order valence-corrected chi connectivity index (χ2v) is 11.3. The minimum atomic E-state index is 0.915. The van der Waals surface area contributed by atoms with Crippen molar-refractivity contribution >= 4 is 76.1 Å². The summed E-state index contributed by atoms with van der Waals surface area (Å²) in [5.41, 5.74) is 7.80. The molecule has 2 heteroatoms. The maximum Gasteiger partial charge on any atom is 0.137 e. The summed E-state index contributed by atoms with van der Waals surface area (Å²) in [7, 11) is 0. The predicted octanol–water partition coefficient (Wildman–Crippen LogP) is 11.2. The molecule has 0 aliphatic rings. The molecule has 0 saturated heterocycles. The van der Waals surface area contributed by atoms with Crippen molar-refractivity contribution in [1.29, 1.82) is 0 Å². The fourth-order valence-corrected chi connectivity index (χ4v) is 7.24. The molecule has 0 aliphatic carbocycles. The molecule has 8 aromatic carbocycles. The van der Waals surface area contributed by atoms with Crippen LogP contribution in [-0.4, -0.2) is 4.57 Å². The smallest absolute Gasteiger partial charge is 0.137 e. The van der Waals surface area contributed by atoms with E-state index < -0.39 is 0 Å². The monoisotopic (exact) mass is 533 g/mol. The number of nitrogens with zero attached hydrogens (tertiary/aromatic N) is 1. The average Bonchev–Trinajstić information content (AvgIpc) is 3.57. The fraction of sp³-hybridized carbons (Fsp3) is 0. The topological polar surface area (TPSA) is 18.1 Å². The number of fused-ring (bicyclic) bond motifs is 6. The van der Waals surface area contributed by atoms with Crippen molar-refractivity contribution < 1.29 is 4.42 Å². The Balaban J connectivity index is 1.19. The van der Waals surface area contributed by atoms with Gasteiger partial charge in [-0.3, -0.25) is 0 Å². The van der Waals surface area contributed by atoms with Crippen molar-refractivity contribution in [2.24, 2.45) is 0 Å². The van der Waals surface area contributed by atoms with Crippen LogP contribution < -0.4 is 0 Å². The highest BCUT2D eigenvalue weighted by Gasteiger charge is 2.17. The van der Waals surface area contributed by atoms with E-state index >= 15 is 0 Å². The Labute approximate surface area is 241 Å². The minimum absolute atomic E-state index is 0.915. The van der Waals surface area contributed by atoms with Gasteiger partial charge in [-0.25, -0.2) is 0 Å². The quantitative estimate of drug-likeness (QED) is 0.202. The lowest BCUT2D eigenvalue weighted by Gasteiger charge is -2.15. The van der Waals surface area contributed by atoms with Gasteiger partial charge in [-0.05, 0) is 73.8 Å². The van der Waals surface area contributed by atoms with Crippen LogP contribution in [0, 0.1) is 0 Å². The lowest BCUT2D eigenvalue weighted by molar-refractivity contribution is 0.669. The largest absolute Gasteiger partial charge is 0.456 e. The Morgan fingerprint density at radius 1 is 0.405 bits per heavy atom. The second kappa shape index (κ2) is 7.99. The zero-order valence-corrected chi connectivity index (χ0v) is 22.6. The molecule has 0 aliphatic heterocycles. The number of hydrogen-bond donors (Lipinski definition) is 0. The third-order valence-corrected chi connectivity index (χ3v) is 9.14. The van der Waals surface area contributed by atoms with Gasteiger partial charge in [0.2, 0.25) is 0 Å². The zero-order valence-electron chi connectivity index (χ0n) is 22.6. The molecular weight excluding hydrogens is 510 g/mol. The molecule has 0 N–H and O–H groups in total. The lowest BCUT2D eigenvalue weighted by Crippen LogP contribution is -1.94. The van der Waals surface area contributed by atoms with E-state index in [9.17, 15) is 0 Å². The Morgan fingerprint density at radius 2 is 1.12 bits per heavy atom. The third kappa shape index (κ3) is 2.88. The van der Waals surface area contributed by atoms with Gasteiger partial charge in [-0.15, -0.1) is 0 Å². The van der Waals surface area contributed by atoms with Crippen LogP contribution in [0.15, 0.2) is 144 Å². The van der Waals surface area contributed by atoms with Crippen LogP contribution >= 0.6 is 0 Å². The SMILES string of the molecule is c1cc2ccc3ccc(-c4ccc(-n5c6ccccc6c6cc7c(cc65)oc5ccccc57)cc4)c4ccc(c1)c2c34. The Morgan fingerprint density at radius 3 is 1.98 bits per heavy atom. The van der Waals surface area contributed by atoms with E-state index in [1.807, 2.05) is 12.1 Å². The molecule has 0 radical (unpaired) electrons. The highest BCUT2D eigenvalue weighted by molar-refractivity contribution is 6.25. The van der Waals surface area contributed by atoms with Gasteiger partial charge in [0.1, 0.15) is 11.2 Å². The first kappa shape index (κ1) is 22.1. The molecule has 0 saturated carbocycles. The van der Waals surface area contributed by atoms with E-state index in [1.165, 1.54) is 59.7 Å². The molecule has 2 nitrogen and oxygen atoms in total. The van der Waals surface area contributed by atoms with Crippen LogP contribution in [0.3, 0.4) is 0 Å². The van der Waals surface area contributed by atoms with Gasteiger partial charge in [0.15, 0.2) is 0 Å². The van der Waals surface area contributed by atoms with Crippen molar-refractivity contribution in [3.8, 4) is 16.8 Å². The van der Waals surface area contributed by atoms with E-state index in [0.717, 1.165) is 33.1 Å². The van der Waals surface area contributed by atoms with Crippen LogP contribution in [-0.2, 0) is 0 Å². The average molecular weight is 534 g/mol.